The molecular weight excluding hydrogens is 194 g/mol. The van der Waals surface area contributed by atoms with Gasteiger partial charge in [-0.25, -0.2) is 0 Å². The third-order valence-electron chi connectivity index (χ3n) is 3.08. The SMILES string of the molecule is CC1CC(NC2COC(C)(C)C2)CS1. The van der Waals surface area contributed by atoms with Gasteiger partial charge in [-0.1, -0.05) is 6.92 Å². The summed E-state index contributed by atoms with van der Waals surface area (Å²) in [5.74, 6) is 1.28. The third-order valence-corrected chi connectivity index (χ3v) is 4.44. The molecule has 2 fully saturated rings. The second-order valence-electron chi connectivity index (χ2n) is 5.21. The van der Waals surface area contributed by atoms with Crippen molar-refractivity contribution in [2.75, 3.05) is 12.4 Å². The van der Waals surface area contributed by atoms with Gasteiger partial charge in [0.05, 0.1) is 12.2 Å². The standard InChI is InChI=1S/C11H21NOS/c1-8-4-9(7-14-8)12-10-5-11(2,3)13-6-10/h8-10,12H,4-7H2,1-3H3. The minimum Gasteiger partial charge on any atom is -0.374 e. The van der Waals surface area contributed by atoms with Crippen molar-refractivity contribution in [1.29, 1.82) is 0 Å². The van der Waals surface area contributed by atoms with Crippen LogP contribution in [0.1, 0.15) is 33.6 Å². The number of thioether (sulfide) groups is 1. The van der Waals surface area contributed by atoms with Gasteiger partial charge in [0, 0.05) is 23.1 Å². The molecule has 0 aliphatic carbocycles. The summed E-state index contributed by atoms with van der Waals surface area (Å²) in [6.45, 7) is 7.57. The molecule has 2 rings (SSSR count). The van der Waals surface area contributed by atoms with Gasteiger partial charge in [-0.3, -0.25) is 0 Å². The molecule has 0 saturated carbocycles. The highest BCUT2D eigenvalue weighted by Gasteiger charge is 2.34. The number of hydrogen-bond donors (Lipinski definition) is 1. The quantitative estimate of drug-likeness (QED) is 0.761. The van der Waals surface area contributed by atoms with Crippen molar-refractivity contribution in [2.24, 2.45) is 0 Å². The molecule has 0 aromatic carbocycles. The van der Waals surface area contributed by atoms with Crippen molar-refractivity contribution in [3.05, 3.63) is 0 Å². The maximum absolute atomic E-state index is 5.72. The van der Waals surface area contributed by atoms with Crippen molar-refractivity contribution < 1.29 is 4.74 Å². The summed E-state index contributed by atoms with van der Waals surface area (Å²) in [6, 6.07) is 1.30. The predicted molar refractivity (Wildman–Crippen MR) is 61.9 cm³/mol. The maximum Gasteiger partial charge on any atom is 0.0643 e. The van der Waals surface area contributed by atoms with Crippen LogP contribution in [0.25, 0.3) is 0 Å². The van der Waals surface area contributed by atoms with Crippen LogP contribution in [0.3, 0.4) is 0 Å². The molecule has 3 atom stereocenters. The summed E-state index contributed by atoms with van der Waals surface area (Å²) >= 11 is 2.09. The summed E-state index contributed by atoms with van der Waals surface area (Å²) < 4.78 is 5.72. The Morgan fingerprint density at radius 3 is 2.64 bits per heavy atom. The molecule has 2 aliphatic heterocycles. The topological polar surface area (TPSA) is 21.3 Å². The Morgan fingerprint density at radius 2 is 2.14 bits per heavy atom. The zero-order valence-corrected chi connectivity index (χ0v) is 10.2. The van der Waals surface area contributed by atoms with Gasteiger partial charge in [0.15, 0.2) is 0 Å². The van der Waals surface area contributed by atoms with Gasteiger partial charge < -0.3 is 10.1 Å². The van der Waals surface area contributed by atoms with E-state index in [4.69, 9.17) is 4.74 Å². The van der Waals surface area contributed by atoms with E-state index >= 15 is 0 Å². The molecule has 14 heavy (non-hydrogen) atoms. The first-order valence-corrected chi connectivity index (χ1v) is 6.62. The zero-order valence-electron chi connectivity index (χ0n) is 9.38. The smallest absolute Gasteiger partial charge is 0.0643 e. The van der Waals surface area contributed by atoms with Gasteiger partial charge in [-0.2, -0.15) is 11.8 Å². The molecule has 2 heterocycles. The van der Waals surface area contributed by atoms with E-state index in [2.05, 4.69) is 37.8 Å². The number of hydrogen-bond acceptors (Lipinski definition) is 3. The van der Waals surface area contributed by atoms with Crippen LogP contribution in [-0.4, -0.2) is 35.3 Å². The van der Waals surface area contributed by atoms with Crippen LogP contribution in [0.4, 0.5) is 0 Å². The summed E-state index contributed by atoms with van der Waals surface area (Å²) in [5, 5.41) is 4.55. The molecular formula is C11H21NOS. The molecule has 0 bridgehead atoms. The Balaban J connectivity index is 1.76. The lowest BCUT2D eigenvalue weighted by atomic mass is 10.0. The highest BCUT2D eigenvalue weighted by molar-refractivity contribution is 8.00. The first-order chi connectivity index (χ1) is 6.55. The highest BCUT2D eigenvalue weighted by atomic mass is 32.2. The Kier molecular flexibility index (Phi) is 3.10. The molecule has 3 heteroatoms. The van der Waals surface area contributed by atoms with E-state index in [0.29, 0.717) is 6.04 Å². The Bertz CT molecular complexity index is 207. The van der Waals surface area contributed by atoms with Gasteiger partial charge in [0.25, 0.3) is 0 Å². The fraction of sp³-hybridized carbons (Fsp3) is 1.00. The Hall–Kier alpha value is 0.270. The Morgan fingerprint density at radius 1 is 1.36 bits per heavy atom. The van der Waals surface area contributed by atoms with Gasteiger partial charge >= 0.3 is 0 Å². The molecule has 0 spiro atoms. The monoisotopic (exact) mass is 215 g/mol. The minimum absolute atomic E-state index is 0.0923. The molecule has 2 aliphatic rings. The zero-order chi connectivity index (χ0) is 10.2. The van der Waals surface area contributed by atoms with Gasteiger partial charge in [-0.15, -0.1) is 0 Å². The summed E-state index contributed by atoms with van der Waals surface area (Å²) in [4.78, 5) is 0. The highest BCUT2D eigenvalue weighted by Crippen LogP contribution is 2.29. The fourth-order valence-corrected chi connectivity index (χ4v) is 3.57. The molecule has 0 aromatic rings. The van der Waals surface area contributed by atoms with Crippen LogP contribution in [0.2, 0.25) is 0 Å². The Labute approximate surface area is 91.2 Å². The second kappa shape index (κ2) is 4.03. The lowest BCUT2D eigenvalue weighted by molar-refractivity contribution is 0.0356. The van der Waals surface area contributed by atoms with Crippen molar-refractivity contribution in [3.63, 3.8) is 0 Å². The van der Waals surface area contributed by atoms with Gasteiger partial charge in [-0.05, 0) is 26.7 Å². The van der Waals surface area contributed by atoms with Crippen molar-refractivity contribution in [1.82, 2.24) is 5.32 Å². The second-order valence-corrected chi connectivity index (χ2v) is 6.69. The van der Waals surface area contributed by atoms with Crippen LogP contribution in [0.15, 0.2) is 0 Å². The molecule has 2 saturated heterocycles. The van der Waals surface area contributed by atoms with Crippen LogP contribution >= 0.6 is 11.8 Å². The van der Waals surface area contributed by atoms with Crippen molar-refractivity contribution in [2.45, 2.75) is 56.5 Å². The molecule has 0 amide bonds. The van der Waals surface area contributed by atoms with E-state index in [1.54, 1.807) is 0 Å². The van der Waals surface area contributed by atoms with E-state index in [-0.39, 0.29) is 5.60 Å². The van der Waals surface area contributed by atoms with Crippen molar-refractivity contribution in [3.8, 4) is 0 Å². The van der Waals surface area contributed by atoms with E-state index in [0.717, 1.165) is 24.3 Å². The van der Waals surface area contributed by atoms with Crippen LogP contribution < -0.4 is 5.32 Å². The number of nitrogens with one attached hydrogen (secondary N) is 1. The first-order valence-electron chi connectivity index (χ1n) is 5.57. The lowest BCUT2D eigenvalue weighted by Gasteiger charge is -2.18. The normalized spacial score (nSPS) is 41.8. The predicted octanol–water partition coefficient (Wildman–Crippen LogP) is 2.04. The summed E-state index contributed by atoms with van der Waals surface area (Å²) in [6.07, 6.45) is 2.48. The van der Waals surface area contributed by atoms with E-state index < -0.39 is 0 Å². The largest absolute Gasteiger partial charge is 0.374 e. The fourth-order valence-electron chi connectivity index (χ4n) is 2.41. The van der Waals surface area contributed by atoms with Crippen molar-refractivity contribution >= 4 is 11.8 Å². The molecule has 2 nitrogen and oxygen atoms in total. The van der Waals surface area contributed by atoms with Crippen LogP contribution in [0.5, 0.6) is 0 Å². The molecule has 0 aromatic heterocycles. The van der Waals surface area contributed by atoms with Crippen LogP contribution in [0, 0.1) is 0 Å². The molecule has 3 unspecified atom stereocenters. The van der Waals surface area contributed by atoms with Gasteiger partial charge in [0.2, 0.25) is 0 Å². The van der Waals surface area contributed by atoms with Crippen LogP contribution in [-0.2, 0) is 4.74 Å². The summed E-state index contributed by atoms with van der Waals surface area (Å²) in [5.41, 5.74) is 0.0923. The third kappa shape index (κ3) is 2.65. The van der Waals surface area contributed by atoms with E-state index in [9.17, 15) is 0 Å². The number of rotatable bonds is 2. The molecule has 0 radical (unpaired) electrons. The van der Waals surface area contributed by atoms with Gasteiger partial charge in [0.1, 0.15) is 0 Å². The molecule has 82 valence electrons. The maximum atomic E-state index is 5.72. The average molecular weight is 215 g/mol. The molecule has 1 N–H and O–H groups in total. The lowest BCUT2D eigenvalue weighted by Crippen LogP contribution is -2.39. The summed E-state index contributed by atoms with van der Waals surface area (Å²) in [7, 11) is 0. The van der Waals surface area contributed by atoms with E-state index in [1.165, 1.54) is 12.2 Å². The van der Waals surface area contributed by atoms with E-state index in [1.807, 2.05) is 0 Å². The average Bonchev–Trinajstić information content (AvgIpc) is 2.59. The minimum atomic E-state index is 0.0923. The number of ether oxygens (including phenoxy) is 1. The first kappa shape index (κ1) is 10.8.